The summed E-state index contributed by atoms with van der Waals surface area (Å²) in [4.78, 5) is 12.0. The van der Waals surface area contributed by atoms with E-state index in [-0.39, 0.29) is 0 Å². The molecule has 0 bridgehead atoms. The first kappa shape index (κ1) is 18.6. The molecule has 0 saturated carbocycles. The van der Waals surface area contributed by atoms with Gasteiger partial charge in [0.25, 0.3) is 0 Å². The van der Waals surface area contributed by atoms with Crippen LogP contribution < -0.4 is 10.4 Å². The molecule has 1 unspecified atom stereocenters. The van der Waals surface area contributed by atoms with Crippen molar-refractivity contribution in [2.45, 2.75) is 51.6 Å². The van der Waals surface area contributed by atoms with Crippen molar-refractivity contribution in [1.82, 2.24) is 0 Å². The van der Waals surface area contributed by atoms with E-state index in [0.29, 0.717) is 0 Å². The molecule has 0 aliphatic heterocycles. The van der Waals surface area contributed by atoms with Crippen molar-refractivity contribution < 1.29 is 9.22 Å². The van der Waals surface area contributed by atoms with Gasteiger partial charge in [-0.2, -0.15) is 0 Å². The highest BCUT2D eigenvalue weighted by Gasteiger charge is 2.34. The standard InChI is InChI=1S/C21H28O2Si/c1-3-5-17-21(18-22,16-4-2)23-24(19-12-8-6-9-13-19)20-14-10-7-11-15-20/h6-15,18,24H,3-5,16-17H2,1-2H3. The molecule has 2 rings (SSSR count). The summed E-state index contributed by atoms with van der Waals surface area (Å²) < 4.78 is 6.67. The first-order valence-electron chi connectivity index (χ1n) is 8.98. The minimum Gasteiger partial charge on any atom is -0.399 e. The summed E-state index contributed by atoms with van der Waals surface area (Å²) in [5.74, 6) is 0. The molecule has 0 N–H and O–H groups in total. The molecule has 2 aromatic rings. The molecule has 0 fully saturated rings. The summed E-state index contributed by atoms with van der Waals surface area (Å²) in [6.07, 6.45) is 5.71. The van der Waals surface area contributed by atoms with Crippen LogP contribution in [-0.2, 0) is 9.22 Å². The molecule has 0 aromatic heterocycles. The van der Waals surface area contributed by atoms with Crippen molar-refractivity contribution in [3.63, 3.8) is 0 Å². The van der Waals surface area contributed by atoms with Gasteiger partial charge < -0.3 is 9.22 Å². The first-order chi connectivity index (χ1) is 11.7. The fourth-order valence-electron chi connectivity index (χ4n) is 3.11. The van der Waals surface area contributed by atoms with Gasteiger partial charge in [0, 0.05) is 0 Å². The van der Waals surface area contributed by atoms with Crippen LogP contribution in [0.2, 0.25) is 0 Å². The number of benzene rings is 2. The zero-order chi connectivity index (χ0) is 17.3. The van der Waals surface area contributed by atoms with Crippen LogP contribution in [0.25, 0.3) is 0 Å². The second kappa shape index (κ2) is 9.55. The number of hydrogen-bond acceptors (Lipinski definition) is 2. The average Bonchev–Trinajstić information content (AvgIpc) is 2.65. The maximum Gasteiger partial charge on any atom is 0.241 e. The van der Waals surface area contributed by atoms with Crippen LogP contribution in [0.4, 0.5) is 0 Å². The highest BCUT2D eigenvalue weighted by molar-refractivity contribution is 6.80. The maximum absolute atomic E-state index is 12.0. The summed E-state index contributed by atoms with van der Waals surface area (Å²) in [6.45, 7) is 4.28. The number of carbonyl (C=O) groups excluding carboxylic acids is 1. The van der Waals surface area contributed by atoms with Crippen LogP contribution in [0.3, 0.4) is 0 Å². The summed E-state index contributed by atoms with van der Waals surface area (Å²) in [5.41, 5.74) is -0.646. The van der Waals surface area contributed by atoms with E-state index in [1.54, 1.807) is 0 Å². The van der Waals surface area contributed by atoms with E-state index >= 15 is 0 Å². The van der Waals surface area contributed by atoms with Gasteiger partial charge in [-0.1, -0.05) is 93.8 Å². The summed E-state index contributed by atoms with van der Waals surface area (Å²) in [6, 6.07) is 20.8. The van der Waals surface area contributed by atoms with Gasteiger partial charge in [0.15, 0.2) is 6.29 Å². The predicted molar refractivity (Wildman–Crippen MR) is 104 cm³/mol. The minimum atomic E-state index is -1.90. The zero-order valence-corrected chi connectivity index (χ0v) is 15.9. The molecule has 3 heteroatoms. The van der Waals surface area contributed by atoms with Crippen molar-refractivity contribution in [1.29, 1.82) is 0 Å². The third-order valence-corrected chi connectivity index (χ3v) is 7.08. The van der Waals surface area contributed by atoms with Crippen molar-refractivity contribution in [3.8, 4) is 0 Å². The Morgan fingerprint density at radius 3 is 1.83 bits per heavy atom. The lowest BCUT2D eigenvalue weighted by Crippen LogP contribution is -2.52. The van der Waals surface area contributed by atoms with Crippen LogP contribution in [0.1, 0.15) is 46.0 Å². The van der Waals surface area contributed by atoms with Crippen molar-refractivity contribution in [2.75, 3.05) is 0 Å². The van der Waals surface area contributed by atoms with Gasteiger partial charge in [0.2, 0.25) is 9.04 Å². The Labute approximate surface area is 147 Å². The SMILES string of the molecule is CCCCC(C=O)(CCC)O[SiH](c1ccccc1)c1ccccc1. The van der Waals surface area contributed by atoms with E-state index in [1.807, 2.05) is 12.1 Å². The van der Waals surface area contributed by atoms with Crippen LogP contribution in [-0.4, -0.2) is 20.9 Å². The number of unbranched alkanes of at least 4 members (excludes halogenated alkanes) is 1. The summed E-state index contributed by atoms with van der Waals surface area (Å²) in [7, 11) is -1.90. The van der Waals surface area contributed by atoms with Gasteiger partial charge in [0.1, 0.15) is 5.60 Å². The molecule has 0 aliphatic carbocycles. The molecule has 0 aliphatic rings. The third kappa shape index (κ3) is 4.89. The normalized spacial score (nSPS) is 13.6. The Morgan fingerprint density at radius 1 is 0.875 bits per heavy atom. The van der Waals surface area contributed by atoms with Crippen molar-refractivity contribution in [2.24, 2.45) is 0 Å². The van der Waals surface area contributed by atoms with E-state index in [0.717, 1.165) is 38.4 Å². The molecule has 2 aromatic carbocycles. The van der Waals surface area contributed by atoms with Crippen LogP contribution in [0.15, 0.2) is 60.7 Å². The molecule has 0 radical (unpaired) electrons. The average molecular weight is 341 g/mol. The van der Waals surface area contributed by atoms with E-state index in [4.69, 9.17) is 4.43 Å². The van der Waals surface area contributed by atoms with Gasteiger partial charge in [-0.05, 0) is 23.2 Å². The van der Waals surface area contributed by atoms with Gasteiger partial charge in [-0.15, -0.1) is 0 Å². The monoisotopic (exact) mass is 340 g/mol. The third-order valence-electron chi connectivity index (χ3n) is 4.40. The highest BCUT2D eigenvalue weighted by atomic mass is 28.3. The molecule has 2 nitrogen and oxygen atoms in total. The number of aldehydes is 1. The molecular weight excluding hydrogens is 312 g/mol. The van der Waals surface area contributed by atoms with E-state index in [1.165, 1.54) is 10.4 Å². The Hall–Kier alpha value is -1.71. The predicted octanol–water partition coefficient (Wildman–Crippen LogP) is 3.47. The molecule has 24 heavy (non-hydrogen) atoms. The van der Waals surface area contributed by atoms with Gasteiger partial charge in [-0.3, -0.25) is 0 Å². The maximum atomic E-state index is 12.0. The van der Waals surface area contributed by atoms with Crippen LogP contribution in [0, 0.1) is 0 Å². The Kier molecular flexibility index (Phi) is 7.41. The van der Waals surface area contributed by atoms with E-state index < -0.39 is 14.6 Å². The first-order valence-corrected chi connectivity index (χ1v) is 10.6. The van der Waals surface area contributed by atoms with Crippen molar-refractivity contribution in [3.05, 3.63) is 60.7 Å². The van der Waals surface area contributed by atoms with Gasteiger partial charge in [-0.25, -0.2) is 0 Å². The van der Waals surface area contributed by atoms with Crippen LogP contribution in [0.5, 0.6) is 0 Å². The second-order valence-electron chi connectivity index (χ2n) is 6.36. The molecule has 1 atom stereocenters. The molecule has 128 valence electrons. The lowest BCUT2D eigenvalue weighted by molar-refractivity contribution is -0.123. The Bertz CT molecular complexity index is 560. The van der Waals surface area contributed by atoms with Crippen LogP contribution >= 0.6 is 0 Å². The highest BCUT2D eigenvalue weighted by Crippen LogP contribution is 2.24. The molecule has 0 heterocycles. The van der Waals surface area contributed by atoms with Crippen molar-refractivity contribution >= 4 is 25.7 Å². The molecule has 0 spiro atoms. The quantitative estimate of drug-likeness (QED) is 0.489. The number of rotatable bonds is 10. The van der Waals surface area contributed by atoms with Gasteiger partial charge >= 0.3 is 0 Å². The molecule has 0 saturated heterocycles. The molecular formula is C21H28O2Si. The lowest BCUT2D eigenvalue weighted by Gasteiger charge is -2.33. The fourth-order valence-corrected chi connectivity index (χ4v) is 5.67. The smallest absolute Gasteiger partial charge is 0.241 e. The minimum absolute atomic E-state index is 0.646. The number of carbonyl (C=O) groups is 1. The summed E-state index contributed by atoms with van der Waals surface area (Å²) >= 11 is 0. The van der Waals surface area contributed by atoms with E-state index in [2.05, 4.69) is 62.4 Å². The topological polar surface area (TPSA) is 26.3 Å². The van der Waals surface area contributed by atoms with Gasteiger partial charge in [0.05, 0.1) is 0 Å². The van der Waals surface area contributed by atoms with E-state index in [9.17, 15) is 4.79 Å². The number of hydrogen-bond donors (Lipinski definition) is 0. The molecule has 0 amide bonds. The Morgan fingerprint density at radius 2 is 1.42 bits per heavy atom. The Balaban J connectivity index is 2.37. The lowest BCUT2D eigenvalue weighted by atomic mass is 9.93. The zero-order valence-electron chi connectivity index (χ0n) is 14.8. The second-order valence-corrected chi connectivity index (χ2v) is 8.68. The fraction of sp³-hybridized carbons (Fsp3) is 0.381. The largest absolute Gasteiger partial charge is 0.399 e. The summed E-state index contributed by atoms with van der Waals surface area (Å²) in [5, 5.41) is 2.45.